The molecule has 242 valence electrons. The zero-order chi connectivity index (χ0) is 31.4. The molecule has 2 aliphatic rings. The Morgan fingerprint density at radius 1 is 1.10 bits per heavy atom. The summed E-state index contributed by atoms with van der Waals surface area (Å²) in [6.45, 7) is 9.46. The number of amides is 5. The minimum atomic E-state index is -0.580. The first kappa shape index (κ1) is 35.7. The maximum absolute atomic E-state index is 13.7. The Labute approximate surface area is 250 Å². The SMILES string of the molecule is CC[C@H](C)[C@@H]([C@@H](CC(=O)N1CCC[C@H]1[C@H](OC)[C@@H](C)C(=O)NCCO)OC)N(C)C(=O)CNC(=O)N1CCOC[C@H]1C. The van der Waals surface area contributed by atoms with Crippen LogP contribution in [0.4, 0.5) is 4.79 Å². The van der Waals surface area contributed by atoms with Crippen LogP contribution >= 0.6 is 0 Å². The summed E-state index contributed by atoms with van der Waals surface area (Å²) in [5.41, 5.74) is 0. The van der Waals surface area contributed by atoms with E-state index in [2.05, 4.69) is 10.6 Å². The van der Waals surface area contributed by atoms with Crippen molar-refractivity contribution in [1.82, 2.24) is 25.3 Å². The predicted octanol–water partition coefficient (Wildman–Crippen LogP) is 0.446. The number of aliphatic hydroxyl groups excluding tert-OH is 1. The van der Waals surface area contributed by atoms with Crippen molar-refractivity contribution < 1.29 is 38.5 Å². The molecule has 13 heteroatoms. The normalized spacial score (nSPS) is 22.6. The number of carbonyl (C=O) groups is 4. The maximum atomic E-state index is 13.7. The van der Waals surface area contributed by atoms with Gasteiger partial charge in [-0.2, -0.15) is 0 Å². The second-order valence-corrected chi connectivity index (χ2v) is 11.4. The van der Waals surface area contributed by atoms with Gasteiger partial charge in [0.15, 0.2) is 0 Å². The van der Waals surface area contributed by atoms with E-state index in [9.17, 15) is 19.2 Å². The van der Waals surface area contributed by atoms with Crippen LogP contribution in [0.2, 0.25) is 0 Å². The number of carbonyl (C=O) groups excluding carboxylic acids is 4. The van der Waals surface area contributed by atoms with Gasteiger partial charge in [-0.15, -0.1) is 0 Å². The summed E-state index contributed by atoms with van der Waals surface area (Å²) in [5.74, 6) is -1.14. The van der Waals surface area contributed by atoms with Crippen LogP contribution in [0.15, 0.2) is 0 Å². The monoisotopic (exact) mass is 599 g/mol. The largest absolute Gasteiger partial charge is 0.395 e. The van der Waals surface area contributed by atoms with Crippen molar-refractivity contribution in [2.24, 2.45) is 11.8 Å². The first-order valence-electron chi connectivity index (χ1n) is 15.1. The van der Waals surface area contributed by atoms with E-state index in [4.69, 9.17) is 19.3 Å². The van der Waals surface area contributed by atoms with Gasteiger partial charge in [-0.3, -0.25) is 14.4 Å². The predicted molar refractivity (Wildman–Crippen MR) is 157 cm³/mol. The minimum Gasteiger partial charge on any atom is -0.395 e. The Morgan fingerprint density at radius 2 is 1.81 bits per heavy atom. The zero-order valence-corrected chi connectivity index (χ0v) is 26.5. The summed E-state index contributed by atoms with van der Waals surface area (Å²) >= 11 is 0. The average Bonchev–Trinajstić information content (AvgIpc) is 3.47. The Morgan fingerprint density at radius 3 is 2.40 bits per heavy atom. The van der Waals surface area contributed by atoms with Gasteiger partial charge in [0.25, 0.3) is 0 Å². The molecule has 5 amide bonds. The summed E-state index contributed by atoms with van der Waals surface area (Å²) in [6.07, 6.45) is 1.21. The number of hydrogen-bond donors (Lipinski definition) is 3. The van der Waals surface area contributed by atoms with Crippen LogP contribution in [-0.2, 0) is 28.6 Å². The maximum Gasteiger partial charge on any atom is 0.318 e. The third kappa shape index (κ3) is 9.26. The van der Waals surface area contributed by atoms with Crippen molar-refractivity contribution in [2.45, 2.75) is 83.7 Å². The van der Waals surface area contributed by atoms with Crippen LogP contribution in [-0.4, -0.2) is 141 Å². The van der Waals surface area contributed by atoms with Crippen LogP contribution in [0, 0.1) is 11.8 Å². The van der Waals surface area contributed by atoms with E-state index in [1.54, 1.807) is 35.8 Å². The smallest absolute Gasteiger partial charge is 0.318 e. The molecule has 7 atom stereocenters. The Hall–Kier alpha value is -2.48. The number of likely N-dealkylation sites (tertiary alicyclic amines) is 1. The molecule has 0 bridgehead atoms. The Balaban J connectivity index is 2.11. The molecule has 2 aliphatic heterocycles. The van der Waals surface area contributed by atoms with E-state index >= 15 is 0 Å². The van der Waals surface area contributed by atoms with E-state index in [-0.39, 0.29) is 67.9 Å². The lowest BCUT2D eigenvalue weighted by Crippen LogP contribution is -2.56. The minimum absolute atomic E-state index is 0.0167. The number of ether oxygens (including phenoxy) is 3. The lowest BCUT2D eigenvalue weighted by molar-refractivity contribution is -0.145. The highest BCUT2D eigenvalue weighted by molar-refractivity contribution is 5.84. The molecule has 0 spiro atoms. The van der Waals surface area contributed by atoms with Crippen LogP contribution in [0.25, 0.3) is 0 Å². The van der Waals surface area contributed by atoms with E-state index in [1.807, 2.05) is 20.8 Å². The third-order valence-corrected chi connectivity index (χ3v) is 8.73. The summed E-state index contributed by atoms with van der Waals surface area (Å²) in [5, 5.41) is 14.5. The second kappa shape index (κ2) is 17.6. The molecule has 0 aromatic carbocycles. The van der Waals surface area contributed by atoms with Gasteiger partial charge in [-0.05, 0) is 25.7 Å². The number of morpholine rings is 1. The molecule has 2 rings (SSSR count). The van der Waals surface area contributed by atoms with Crippen molar-refractivity contribution >= 4 is 23.8 Å². The van der Waals surface area contributed by atoms with Gasteiger partial charge in [0.05, 0.1) is 69.0 Å². The van der Waals surface area contributed by atoms with E-state index in [0.29, 0.717) is 32.7 Å². The van der Waals surface area contributed by atoms with Gasteiger partial charge in [0, 0.05) is 40.9 Å². The van der Waals surface area contributed by atoms with Crippen LogP contribution in [0.1, 0.15) is 53.4 Å². The molecule has 0 radical (unpaired) electrons. The van der Waals surface area contributed by atoms with Gasteiger partial charge in [0.2, 0.25) is 17.7 Å². The lowest BCUT2D eigenvalue weighted by Gasteiger charge is -2.39. The van der Waals surface area contributed by atoms with Crippen molar-refractivity contribution in [3.05, 3.63) is 0 Å². The molecule has 3 N–H and O–H groups in total. The van der Waals surface area contributed by atoms with Gasteiger partial charge in [-0.1, -0.05) is 27.2 Å². The average molecular weight is 600 g/mol. The molecule has 0 unspecified atom stereocenters. The van der Waals surface area contributed by atoms with Gasteiger partial charge >= 0.3 is 6.03 Å². The van der Waals surface area contributed by atoms with Crippen LogP contribution in [0.5, 0.6) is 0 Å². The molecule has 0 aromatic heterocycles. The van der Waals surface area contributed by atoms with Crippen molar-refractivity contribution in [2.75, 3.05) is 67.3 Å². The molecule has 2 heterocycles. The molecule has 2 saturated heterocycles. The topological polar surface area (TPSA) is 150 Å². The number of likely N-dealkylation sites (N-methyl/N-ethyl adjacent to an activating group) is 1. The van der Waals surface area contributed by atoms with E-state index < -0.39 is 24.2 Å². The molecular formula is C29H53N5O8. The molecule has 2 fully saturated rings. The molecule has 13 nitrogen and oxygen atoms in total. The lowest BCUT2D eigenvalue weighted by atomic mass is 9.90. The summed E-state index contributed by atoms with van der Waals surface area (Å²) in [6, 6.07) is -1.07. The van der Waals surface area contributed by atoms with Gasteiger partial charge in [0.1, 0.15) is 0 Å². The number of nitrogens with one attached hydrogen (secondary N) is 2. The number of hydrogen-bond acceptors (Lipinski definition) is 8. The first-order chi connectivity index (χ1) is 20.0. The van der Waals surface area contributed by atoms with Crippen molar-refractivity contribution in [3.63, 3.8) is 0 Å². The highest BCUT2D eigenvalue weighted by atomic mass is 16.5. The molecule has 42 heavy (non-hydrogen) atoms. The molecule has 0 aliphatic carbocycles. The Kier molecular flexibility index (Phi) is 15.0. The second-order valence-electron chi connectivity index (χ2n) is 11.4. The van der Waals surface area contributed by atoms with Crippen molar-refractivity contribution in [1.29, 1.82) is 0 Å². The number of nitrogens with zero attached hydrogens (tertiary/aromatic N) is 3. The van der Waals surface area contributed by atoms with Crippen molar-refractivity contribution in [3.8, 4) is 0 Å². The highest BCUT2D eigenvalue weighted by Gasteiger charge is 2.42. The fourth-order valence-corrected chi connectivity index (χ4v) is 6.07. The van der Waals surface area contributed by atoms with E-state index in [1.165, 1.54) is 7.11 Å². The quantitative estimate of drug-likeness (QED) is 0.246. The number of rotatable bonds is 15. The van der Waals surface area contributed by atoms with Gasteiger partial charge < -0.3 is 44.7 Å². The number of urea groups is 1. The van der Waals surface area contributed by atoms with Gasteiger partial charge in [-0.25, -0.2) is 4.79 Å². The number of aliphatic hydroxyl groups is 1. The summed E-state index contributed by atoms with van der Waals surface area (Å²) < 4.78 is 17.0. The molecular weight excluding hydrogens is 546 g/mol. The number of methoxy groups -OCH3 is 2. The van der Waals surface area contributed by atoms with E-state index in [0.717, 1.165) is 12.8 Å². The van der Waals surface area contributed by atoms with Crippen LogP contribution < -0.4 is 10.6 Å². The third-order valence-electron chi connectivity index (χ3n) is 8.73. The highest BCUT2D eigenvalue weighted by Crippen LogP contribution is 2.29. The summed E-state index contributed by atoms with van der Waals surface area (Å²) in [4.78, 5) is 57.3. The Bertz CT molecular complexity index is 892. The zero-order valence-electron chi connectivity index (χ0n) is 26.5. The summed E-state index contributed by atoms with van der Waals surface area (Å²) in [7, 11) is 4.77. The molecule has 0 aromatic rings. The standard InChI is InChI=1S/C29H53N5O8/c1-8-19(2)26(32(5)25(37)17-31-29(39)33-13-15-42-18-20(33)3)23(40-6)16-24(36)34-12-9-10-22(34)27(41-7)21(4)28(38)30-11-14-35/h19-23,26-27,35H,8-18H2,1-7H3,(H,30,38)(H,31,39)/t19-,20+,21+,22-,23+,26-,27+/m0/s1. The fourth-order valence-electron chi connectivity index (χ4n) is 6.07. The van der Waals surface area contributed by atoms with Crippen LogP contribution in [0.3, 0.4) is 0 Å². The first-order valence-corrected chi connectivity index (χ1v) is 15.1. The molecule has 0 saturated carbocycles. The fraction of sp³-hybridized carbons (Fsp3) is 0.862.